The number of benzene rings is 1. The maximum Gasteiger partial charge on any atom is 0.243 e. The van der Waals surface area contributed by atoms with E-state index in [9.17, 15) is 9.90 Å². The van der Waals surface area contributed by atoms with Crippen LogP contribution in [-0.2, 0) is 11.2 Å². The summed E-state index contributed by atoms with van der Waals surface area (Å²) in [5, 5.41) is 15.7. The molecule has 1 aliphatic rings. The second-order valence-corrected chi connectivity index (χ2v) is 5.19. The van der Waals surface area contributed by atoms with Crippen LogP contribution in [0.2, 0.25) is 0 Å². The number of carbonyl (C=O) groups excluding carboxylic acids is 1. The van der Waals surface area contributed by atoms with E-state index in [0.717, 1.165) is 18.5 Å². The van der Waals surface area contributed by atoms with Gasteiger partial charge in [-0.25, -0.2) is 0 Å². The summed E-state index contributed by atoms with van der Waals surface area (Å²) in [6.45, 7) is 3.94. The first-order valence-electron chi connectivity index (χ1n) is 6.91. The molecule has 0 saturated heterocycles. The summed E-state index contributed by atoms with van der Waals surface area (Å²) in [5.41, 5.74) is 1.71. The van der Waals surface area contributed by atoms with Crippen molar-refractivity contribution in [3.8, 4) is 0 Å². The Bertz CT molecular complexity index is 422. The molecule has 0 spiro atoms. The summed E-state index contributed by atoms with van der Waals surface area (Å²) in [6.07, 6.45) is 2.16. The molecule has 0 bridgehead atoms. The van der Waals surface area contributed by atoms with Gasteiger partial charge in [-0.05, 0) is 24.5 Å². The van der Waals surface area contributed by atoms with Crippen LogP contribution in [0.3, 0.4) is 0 Å². The fraction of sp³-hybridized carbons (Fsp3) is 0.533. The molecule has 0 fully saturated rings. The number of para-hydroxylation sites is 1. The van der Waals surface area contributed by atoms with E-state index in [1.807, 2.05) is 38.1 Å². The number of carbonyl (C=O) groups is 1. The number of fused-ring (bicyclic) bond motifs is 1. The lowest BCUT2D eigenvalue weighted by Crippen LogP contribution is -2.54. The smallest absolute Gasteiger partial charge is 0.243 e. The van der Waals surface area contributed by atoms with E-state index in [1.165, 1.54) is 5.56 Å². The van der Waals surface area contributed by atoms with Crippen molar-refractivity contribution in [2.45, 2.75) is 44.7 Å². The highest BCUT2D eigenvalue weighted by atomic mass is 16.3. The first kappa shape index (κ1) is 13.9. The number of aliphatic hydroxyl groups excluding tert-OH is 1. The van der Waals surface area contributed by atoms with Crippen LogP contribution in [-0.4, -0.2) is 29.2 Å². The van der Waals surface area contributed by atoms with Crippen molar-refractivity contribution in [3.63, 3.8) is 0 Å². The summed E-state index contributed by atoms with van der Waals surface area (Å²) in [5.74, 6) is -0.0334. The van der Waals surface area contributed by atoms with E-state index in [1.54, 1.807) is 0 Å². The lowest BCUT2D eigenvalue weighted by molar-refractivity contribution is -0.124. The Morgan fingerprint density at radius 1 is 1.42 bits per heavy atom. The number of aliphatic hydroxyl groups is 1. The molecule has 0 unspecified atom stereocenters. The van der Waals surface area contributed by atoms with Gasteiger partial charge in [-0.3, -0.25) is 4.79 Å². The SMILES string of the molecule is CCC(CC)(CO)NC(=O)[C@@H]1Cc2ccccc2N1. The third-order valence-electron chi connectivity index (χ3n) is 4.13. The van der Waals surface area contributed by atoms with Gasteiger partial charge in [0, 0.05) is 12.1 Å². The van der Waals surface area contributed by atoms with Gasteiger partial charge in [0.1, 0.15) is 6.04 Å². The summed E-state index contributed by atoms with van der Waals surface area (Å²) in [4.78, 5) is 12.3. The highest BCUT2D eigenvalue weighted by Gasteiger charge is 2.33. The molecule has 0 radical (unpaired) electrons. The number of hydrogen-bond donors (Lipinski definition) is 3. The molecule has 3 N–H and O–H groups in total. The fourth-order valence-corrected chi connectivity index (χ4v) is 2.49. The lowest BCUT2D eigenvalue weighted by atomic mass is 9.93. The molecule has 0 aliphatic carbocycles. The quantitative estimate of drug-likeness (QED) is 0.757. The number of rotatable bonds is 5. The molecule has 1 amide bonds. The number of hydrogen-bond acceptors (Lipinski definition) is 3. The second-order valence-electron chi connectivity index (χ2n) is 5.19. The Morgan fingerprint density at radius 3 is 2.68 bits per heavy atom. The van der Waals surface area contributed by atoms with Crippen LogP contribution in [0.5, 0.6) is 0 Å². The normalized spacial score (nSPS) is 17.7. The topological polar surface area (TPSA) is 61.4 Å². The Balaban J connectivity index is 2.03. The molecular weight excluding hydrogens is 240 g/mol. The minimum absolute atomic E-state index is 0.0224. The molecule has 1 aliphatic heterocycles. The van der Waals surface area contributed by atoms with Gasteiger partial charge in [-0.2, -0.15) is 0 Å². The highest BCUT2D eigenvalue weighted by Crippen LogP contribution is 2.26. The van der Waals surface area contributed by atoms with E-state index in [0.29, 0.717) is 6.42 Å². The maximum atomic E-state index is 12.3. The molecule has 1 atom stereocenters. The van der Waals surface area contributed by atoms with Gasteiger partial charge in [0.2, 0.25) is 5.91 Å². The Labute approximate surface area is 114 Å². The summed E-state index contributed by atoms with van der Waals surface area (Å²) < 4.78 is 0. The molecule has 0 aromatic heterocycles. The molecule has 4 heteroatoms. The van der Waals surface area contributed by atoms with Crippen LogP contribution in [0.25, 0.3) is 0 Å². The Hall–Kier alpha value is -1.55. The molecule has 104 valence electrons. The van der Waals surface area contributed by atoms with E-state index >= 15 is 0 Å². The molecule has 1 heterocycles. The fourth-order valence-electron chi connectivity index (χ4n) is 2.49. The van der Waals surface area contributed by atoms with Crippen molar-refractivity contribution >= 4 is 11.6 Å². The minimum Gasteiger partial charge on any atom is -0.394 e. The molecule has 0 saturated carbocycles. The van der Waals surface area contributed by atoms with Crippen LogP contribution >= 0.6 is 0 Å². The van der Waals surface area contributed by atoms with Crippen molar-refractivity contribution in [3.05, 3.63) is 29.8 Å². The molecule has 4 nitrogen and oxygen atoms in total. The van der Waals surface area contributed by atoms with Crippen LogP contribution in [0.1, 0.15) is 32.3 Å². The predicted octanol–water partition coefficient (Wildman–Crippen LogP) is 1.69. The van der Waals surface area contributed by atoms with Gasteiger partial charge in [0.15, 0.2) is 0 Å². The number of anilines is 1. The van der Waals surface area contributed by atoms with Crippen molar-refractivity contribution in [1.82, 2.24) is 5.32 Å². The summed E-state index contributed by atoms with van der Waals surface area (Å²) in [7, 11) is 0. The van der Waals surface area contributed by atoms with Gasteiger partial charge in [0.05, 0.1) is 12.1 Å². The van der Waals surface area contributed by atoms with E-state index in [-0.39, 0.29) is 18.6 Å². The molecule has 1 aromatic carbocycles. The van der Waals surface area contributed by atoms with Crippen LogP contribution in [0.15, 0.2) is 24.3 Å². The lowest BCUT2D eigenvalue weighted by Gasteiger charge is -2.32. The van der Waals surface area contributed by atoms with Crippen molar-refractivity contribution in [1.29, 1.82) is 0 Å². The first-order chi connectivity index (χ1) is 9.14. The third-order valence-corrected chi connectivity index (χ3v) is 4.13. The van der Waals surface area contributed by atoms with Crippen LogP contribution < -0.4 is 10.6 Å². The van der Waals surface area contributed by atoms with E-state index < -0.39 is 5.54 Å². The molecule has 2 rings (SSSR count). The van der Waals surface area contributed by atoms with Crippen LogP contribution in [0, 0.1) is 0 Å². The number of amides is 1. The first-order valence-corrected chi connectivity index (χ1v) is 6.91. The predicted molar refractivity (Wildman–Crippen MR) is 76.1 cm³/mol. The third kappa shape index (κ3) is 2.73. The zero-order valence-corrected chi connectivity index (χ0v) is 11.6. The number of nitrogens with one attached hydrogen (secondary N) is 2. The van der Waals surface area contributed by atoms with E-state index in [4.69, 9.17) is 0 Å². The van der Waals surface area contributed by atoms with Gasteiger partial charge in [0.25, 0.3) is 0 Å². The Kier molecular flexibility index (Phi) is 4.10. The van der Waals surface area contributed by atoms with Crippen LogP contribution in [0.4, 0.5) is 5.69 Å². The highest BCUT2D eigenvalue weighted by molar-refractivity contribution is 5.87. The Morgan fingerprint density at radius 2 is 2.11 bits per heavy atom. The van der Waals surface area contributed by atoms with Crippen molar-refractivity contribution in [2.24, 2.45) is 0 Å². The van der Waals surface area contributed by atoms with Gasteiger partial charge < -0.3 is 15.7 Å². The zero-order chi connectivity index (χ0) is 13.9. The average Bonchev–Trinajstić information content (AvgIpc) is 2.89. The maximum absolute atomic E-state index is 12.3. The van der Waals surface area contributed by atoms with E-state index in [2.05, 4.69) is 10.6 Å². The minimum atomic E-state index is -0.493. The van der Waals surface area contributed by atoms with Gasteiger partial charge in [-0.15, -0.1) is 0 Å². The van der Waals surface area contributed by atoms with Gasteiger partial charge in [-0.1, -0.05) is 32.0 Å². The second kappa shape index (κ2) is 5.61. The average molecular weight is 262 g/mol. The monoisotopic (exact) mass is 262 g/mol. The molecule has 19 heavy (non-hydrogen) atoms. The van der Waals surface area contributed by atoms with Gasteiger partial charge >= 0.3 is 0 Å². The molecular formula is C15H22N2O2. The molecule has 1 aromatic rings. The standard InChI is InChI=1S/C15H22N2O2/c1-3-15(4-2,10-18)17-14(19)13-9-11-7-5-6-8-12(11)16-13/h5-8,13,16,18H,3-4,9-10H2,1-2H3,(H,17,19)/t13-/m0/s1. The van der Waals surface area contributed by atoms with Crippen molar-refractivity contribution < 1.29 is 9.90 Å². The summed E-state index contributed by atoms with van der Waals surface area (Å²) >= 11 is 0. The zero-order valence-electron chi connectivity index (χ0n) is 11.6. The summed E-state index contributed by atoms with van der Waals surface area (Å²) in [6, 6.07) is 7.73. The largest absolute Gasteiger partial charge is 0.394 e. The van der Waals surface area contributed by atoms with Crippen molar-refractivity contribution in [2.75, 3.05) is 11.9 Å².